The molecule has 0 aliphatic carbocycles. The molecule has 0 unspecified atom stereocenters. The molecule has 15 nitrogen and oxygen atoms in total. The Kier molecular flexibility index (Phi) is 15.7. The fourth-order valence-corrected chi connectivity index (χ4v) is 9.60. The molecule has 3 aliphatic rings. The first-order chi connectivity index (χ1) is 28.8. The van der Waals surface area contributed by atoms with E-state index in [9.17, 15) is 24.3 Å². The lowest BCUT2D eigenvalue weighted by atomic mass is 9.72. The van der Waals surface area contributed by atoms with Crippen LogP contribution < -0.4 is 0 Å². The number of cyclic esters (lactones) is 1. The third-order valence-electron chi connectivity index (χ3n) is 13.1. The van der Waals surface area contributed by atoms with Crippen molar-refractivity contribution in [3.05, 3.63) is 61.1 Å². The van der Waals surface area contributed by atoms with Crippen molar-refractivity contribution in [2.45, 2.75) is 128 Å². The molecule has 3 aliphatic heterocycles. The SMILES string of the molecule is C=C[C@]12OC(=O)N(CCN(C)Cc3ccnc(-c4cccnc4)c3)[C@@H]1[C@@H](C)C(=O)[C@H](C)C[C@@](C)(OC)[C@H](O[C@@H]1O[C@H](C)C[C@H](N(C)C)[C@H]1O)[C@@H](C)C(=O)[C@@H](C)C(=O)O[C@@H]2CC. The van der Waals surface area contributed by atoms with Gasteiger partial charge in [-0.1, -0.05) is 34.3 Å². The molecule has 0 aromatic carbocycles. The largest absolute Gasteiger partial charge is 0.457 e. The molecule has 0 radical (unpaired) electrons. The van der Waals surface area contributed by atoms with Crippen LogP contribution in [-0.4, -0.2) is 149 Å². The van der Waals surface area contributed by atoms with Gasteiger partial charge in [0.05, 0.1) is 29.5 Å². The van der Waals surface area contributed by atoms with Crippen molar-refractivity contribution in [2.75, 3.05) is 41.3 Å². The second-order valence-corrected chi connectivity index (χ2v) is 17.8. The highest BCUT2D eigenvalue weighted by Gasteiger charge is 2.61. The molecule has 13 atom stereocenters. The van der Waals surface area contributed by atoms with Gasteiger partial charge in [0.15, 0.2) is 17.7 Å². The molecule has 0 spiro atoms. The summed E-state index contributed by atoms with van der Waals surface area (Å²) in [4.78, 5) is 71.7. The molecule has 1 amide bonds. The number of carbonyl (C=O) groups excluding carboxylic acids is 4. The number of carbonyl (C=O) groups is 4. The number of methoxy groups -OCH3 is 1. The van der Waals surface area contributed by atoms with Crippen molar-refractivity contribution in [1.29, 1.82) is 0 Å². The Labute approximate surface area is 361 Å². The normalized spacial score (nSPS) is 35.4. The van der Waals surface area contributed by atoms with Crippen LogP contribution in [0.1, 0.15) is 73.3 Å². The molecule has 0 saturated carbocycles. The lowest BCUT2D eigenvalue weighted by Gasteiger charge is -2.47. The molecule has 3 saturated heterocycles. The van der Waals surface area contributed by atoms with E-state index in [0.29, 0.717) is 19.5 Å². The van der Waals surface area contributed by atoms with E-state index in [4.69, 9.17) is 23.7 Å². The Hall–Kier alpha value is -4.12. The summed E-state index contributed by atoms with van der Waals surface area (Å²) in [6.07, 6.45) is 2.24. The summed E-state index contributed by atoms with van der Waals surface area (Å²) in [7, 11) is 7.16. The van der Waals surface area contributed by atoms with E-state index >= 15 is 0 Å². The number of aliphatic hydroxyl groups excluding tert-OH is 1. The predicted octanol–water partition coefficient (Wildman–Crippen LogP) is 4.95. The van der Waals surface area contributed by atoms with Gasteiger partial charge in [0.25, 0.3) is 0 Å². The summed E-state index contributed by atoms with van der Waals surface area (Å²) in [5, 5.41) is 11.5. The molecule has 0 bridgehead atoms. The number of esters is 1. The number of Topliss-reactive ketones (excluding diaryl/α,β-unsaturated/α-hetero) is 2. The first-order valence-corrected chi connectivity index (χ1v) is 21.5. The van der Waals surface area contributed by atoms with Crippen LogP contribution in [0.2, 0.25) is 0 Å². The van der Waals surface area contributed by atoms with Gasteiger partial charge in [-0.15, -0.1) is 0 Å². The number of hydrogen-bond acceptors (Lipinski definition) is 14. The predicted molar refractivity (Wildman–Crippen MR) is 228 cm³/mol. The van der Waals surface area contributed by atoms with Crippen molar-refractivity contribution in [3.63, 3.8) is 0 Å². The van der Waals surface area contributed by atoms with E-state index in [1.165, 1.54) is 20.1 Å². The van der Waals surface area contributed by atoms with Crippen molar-refractivity contribution in [2.24, 2.45) is 23.7 Å². The number of pyridine rings is 2. The minimum atomic E-state index is -1.62. The molecular weight excluding hydrogens is 783 g/mol. The van der Waals surface area contributed by atoms with E-state index < -0.39 is 83.4 Å². The van der Waals surface area contributed by atoms with E-state index in [1.807, 2.05) is 57.2 Å². The summed E-state index contributed by atoms with van der Waals surface area (Å²) >= 11 is 0. The first kappa shape index (κ1) is 47.9. The van der Waals surface area contributed by atoms with E-state index in [2.05, 4.69) is 21.4 Å². The Balaban J connectivity index is 1.48. The monoisotopic (exact) mass is 849 g/mol. The van der Waals surface area contributed by atoms with Gasteiger partial charge in [-0.2, -0.15) is 0 Å². The number of hydrogen-bond donors (Lipinski definition) is 1. The summed E-state index contributed by atoms with van der Waals surface area (Å²) in [5.74, 6) is -5.29. The standard InChI is InChI=1S/C46H67N5O10/c1-13-36-46(14-2)40(51(44(56)61-46)21-20-50(11)26-32-17-19-48-34(23-32)33-16-15-18-47-25-33)29(5)37(52)27(3)24-45(8,57-12)41(30(6)38(53)31(7)42(55)59-36)60-43-39(54)35(49(9)10)22-28(4)58-43/h14-19,23,25,27-31,35-36,39-41,43,54H,2,13,20-22,24,26H2,1,3-12H3/t27-,28-,29+,30+,31-,35+,36-,39-,40-,41-,43+,45-,46-/m1/s1. The molecule has 3 fully saturated rings. The number of ketones is 2. The Morgan fingerprint density at radius 3 is 2.39 bits per heavy atom. The van der Waals surface area contributed by atoms with Crippen LogP contribution in [0.15, 0.2) is 55.5 Å². The fourth-order valence-electron chi connectivity index (χ4n) is 9.60. The highest BCUT2D eigenvalue weighted by Crippen LogP contribution is 2.44. The first-order valence-electron chi connectivity index (χ1n) is 21.5. The molecule has 2 aromatic heterocycles. The lowest BCUT2D eigenvalue weighted by molar-refractivity contribution is -0.295. The Morgan fingerprint density at radius 1 is 1.05 bits per heavy atom. The number of likely N-dealkylation sites (N-methyl/N-ethyl adjacent to an activating group) is 2. The zero-order valence-corrected chi connectivity index (χ0v) is 37.8. The molecule has 336 valence electrons. The second kappa shape index (κ2) is 19.9. The average Bonchev–Trinajstić information content (AvgIpc) is 3.54. The fraction of sp³-hybridized carbons (Fsp3) is 0.652. The van der Waals surface area contributed by atoms with Crippen molar-refractivity contribution in [3.8, 4) is 11.3 Å². The summed E-state index contributed by atoms with van der Waals surface area (Å²) < 4.78 is 31.4. The highest BCUT2D eigenvalue weighted by molar-refractivity contribution is 6.00. The van der Waals surface area contributed by atoms with Crippen LogP contribution in [0.5, 0.6) is 0 Å². The molecule has 5 heterocycles. The minimum Gasteiger partial charge on any atom is -0.457 e. The maximum Gasteiger partial charge on any atom is 0.411 e. The van der Waals surface area contributed by atoms with Gasteiger partial charge in [-0.05, 0) is 97.1 Å². The maximum absolute atomic E-state index is 14.9. The summed E-state index contributed by atoms with van der Waals surface area (Å²) in [5.41, 5.74) is -0.231. The second-order valence-electron chi connectivity index (χ2n) is 17.8. The van der Waals surface area contributed by atoms with Crippen molar-refractivity contribution < 1.29 is 48.0 Å². The quantitative estimate of drug-likeness (QED) is 0.173. The van der Waals surface area contributed by atoms with E-state index in [1.54, 1.807) is 58.1 Å². The van der Waals surface area contributed by atoms with Crippen LogP contribution in [0.25, 0.3) is 11.3 Å². The van der Waals surface area contributed by atoms with Gasteiger partial charge in [0.2, 0.25) is 0 Å². The van der Waals surface area contributed by atoms with Crippen LogP contribution in [-0.2, 0) is 44.6 Å². The number of fused-ring (bicyclic) bond motifs is 1. The van der Waals surface area contributed by atoms with Crippen LogP contribution in [0.4, 0.5) is 4.79 Å². The number of aliphatic hydroxyl groups is 1. The number of ether oxygens (including phenoxy) is 5. The maximum atomic E-state index is 14.9. The van der Waals surface area contributed by atoms with Gasteiger partial charge < -0.3 is 38.6 Å². The summed E-state index contributed by atoms with van der Waals surface area (Å²) in [6, 6.07) is 6.52. The topological polar surface area (TPSA) is 170 Å². The minimum absolute atomic E-state index is 0.0960. The number of rotatable bonds is 12. The van der Waals surface area contributed by atoms with Gasteiger partial charge in [0, 0.05) is 74.7 Å². The average molecular weight is 850 g/mol. The molecular formula is C46H67N5O10. The molecule has 15 heteroatoms. The van der Waals surface area contributed by atoms with Crippen LogP contribution in [0.3, 0.4) is 0 Å². The molecule has 1 N–H and O–H groups in total. The van der Waals surface area contributed by atoms with Crippen LogP contribution >= 0.6 is 0 Å². The Bertz CT molecular complexity index is 1870. The lowest BCUT2D eigenvalue weighted by Crippen LogP contribution is -2.60. The number of aromatic nitrogens is 2. The van der Waals surface area contributed by atoms with Crippen molar-refractivity contribution in [1.82, 2.24) is 24.7 Å². The number of nitrogens with zero attached hydrogens (tertiary/aromatic N) is 5. The third-order valence-corrected chi connectivity index (χ3v) is 13.1. The zero-order valence-electron chi connectivity index (χ0n) is 37.8. The Morgan fingerprint density at radius 2 is 1.77 bits per heavy atom. The summed E-state index contributed by atoms with van der Waals surface area (Å²) in [6.45, 7) is 17.3. The van der Waals surface area contributed by atoms with Gasteiger partial charge in [0.1, 0.15) is 23.9 Å². The molecule has 5 rings (SSSR count). The molecule has 61 heavy (non-hydrogen) atoms. The van der Waals surface area contributed by atoms with Gasteiger partial charge >= 0.3 is 12.1 Å². The zero-order chi connectivity index (χ0) is 45.0. The van der Waals surface area contributed by atoms with Gasteiger partial charge in [-0.3, -0.25) is 29.3 Å². The van der Waals surface area contributed by atoms with Crippen molar-refractivity contribution >= 4 is 23.6 Å². The third kappa shape index (κ3) is 10.1. The van der Waals surface area contributed by atoms with E-state index in [-0.39, 0.29) is 37.3 Å². The number of amides is 1. The van der Waals surface area contributed by atoms with Crippen LogP contribution in [0, 0.1) is 23.7 Å². The highest BCUT2D eigenvalue weighted by atomic mass is 16.7. The smallest absolute Gasteiger partial charge is 0.411 e. The molecule has 2 aromatic rings. The van der Waals surface area contributed by atoms with Gasteiger partial charge in [-0.25, -0.2) is 4.79 Å². The van der Waals surface area contributed by atoms with E-state index in [0.717, 1.165) is 16.8 Å².